The number of carbonyl (C=O) groups is 1. The maximum Gasteiger partial charge on any atom is 0.301 e. The Kier molecular flexibility index (Phi) is 1.26. The molecule has 1 amide bonds. The summed E-state index contributed by atoms with van der Waals surface area (Å²) in [5.41, 5.74) is -0.796. The van der Waals surface area contributed by atoms with Crippen molar-refractivity contribution in [3.05, 3.63) is 11.8 Å². The van der Waals surface area contributed by atoms with E-state index in [4.69, 9.17) is 0 Å². The van der Waals surface area contributed by atoms with Gasteiger partial charge in [-0.25, -0.2) is 4.99 Å². The van der Waals surface area contributed by atoms with Gasteiger partial charge in [0.1, 0.15) is 0 Å². The minimum atomic E-state index is -2.05. The molecule has 9 heavy (non-hydrogen) atoms. The Morgan fingerprint density at radius 2 is 2.33 bits per heavy atom. The van der Waals surface area contributed by atoms with Crippen molar-refractivity contribution in [2.75, 3.05) is 0 Å². The third kappa shape index (κ3) is 0.933. The number of hydrogen-bond acceptors (Lipinski definition) is 2. The van der Waals surface area contributed by atoms with E-state index in [-0.39, 0.29) is 0 Å². The van der Waals surface area contributed by atoms with Gasteiger partial charge in [-0.2, -0.15) is 8.78 Å². The highest BCUT2D eigenvalue weighted by atomic mass is 19.3. The molecule has 0 atom stereocenters. The Labute approximate surface area is 49.1 Å². The van der Waals surface area contributed by atoms with E-state index in [0.29, 0.717) is 0 Å². The Bertz CT molecular complexity index is 205. The van der Waals surface area contributed by atoms with Gasteiger partial charge < -0.3 is 5.32 Å². The van der Waals surface area contributed by atoms with Crippen LogP contribution in [0, 0.1) is 0 Å². The molecule has 0 aromatic rings. The van der Waals surface area contributed by atoms with Crippen LogP contribution in [0.2, 0.25) is 0 Å². The fourth-order valence-electron chi connectivity index (χ4n) is 0.417. The van der Waals surface area contributed by atoms with Crippen LogP contribution < -0.4 is 5.32 Å². The van der Waals surface area contributed by atoms with Gasteiger partial charge in [-0.1, -0.05) is 0 Å². The molecular formula is C4H2F2N2O. The number of nitrogens with zero attached hydrogens (tertiary/aromatic N) is 1. The first-order chi connectivity index (χ1) is 4.22. The summed E-state index contributed by atoms with van der Waals surface area (Å²) in [4.78, 5) is 13.3. The third-order valence-corrected chi connectivity index (χ3v) is 0.783. The molecule has 0 saturated heterocycles. The van der Waals surface area contributed by atoms with Crippen LogP contribution in [0.15, 0.2) is 16.8 Å². The molecule has 0 aromatic carbocycles. The Hall–Kier alpha value is -1.26. The van der Waals surface area contributed by atoms with E-state index in [1.807, 2.05) is 5.32 Å². The first-order valence-electron chi connectivity index (χ1n) is 2.10. The topological polar surface area (TPSA) is 41.5 Å². The fourth-order valence-corrected chi connectivity index (χ4v) is 0.417. The molecule has 0 aliphatic carbocycles. The number of hydrogen-bond donors (Lipinski definition) is 1. The molecule has 0 saturated carbocycles. The standard InChI is InChI=1S/C4H2F2N2O/c5-3(6)2-4(9)8-1-7-2/h1H,(H,7,8,9). The smallest absolute Gasteiger partial charge is 0.301 e. The van der Waals surface area contributed by atoms with Crippen LogP contribution in [0.3, 0.4) is 0 Å². The first-order valence-corrected chi connectivity index (χ1v) is 2.10. The van der Waals surface area contributed by atoms with Crippen LogP contribution in [0.25, 0.3) is 0 Å². The van der Waals surface area contributed by atoms with Crippen LogP contribution in [0.5, 0.6) is 0 Å². The van der Waals surface area contributed by atoms with Gasteiger partial charge in [0.2, 0.25) is 0 Å². The van der Waals surface area contributed by atoms with Crippen LogP contribution >= 0.6 is 0 Å². The molecule has 1 aliphatic heterocycles. The van der Waals surface area contributed by atoms with Gasteiger partial charge in [0, 0.05) is 0 Å². The zero-order valence-electron chi connectivity index (χ0n) is 4.19. The van der Waals surface area contributed by atoms with Crippen molar-refractivity contribution in [1.29, 1.82) is 0 Å². The van der Waals surface area contributed by atoms with Crippen molar-refractivity contribution in [3.63, 3.8) is 0 Å². The molecular weight excluding hydrogens is 130 g/mol. The largest absolute Gasteiger partial charge is 0.311 e. The summed E-state index contributed by atoms with van der Waals surface area (Å²) >= 11 is 0. The van der Waals surface area contributed by atoms with Gasteiger partial charge in [0.15, 0.2) is 5.70 Å². The Morgan fingerprint density at radius 3 is 2.56 bits per heavy atom. The third-order valence-electron chi connectivity index (χ3n) is 0.783. The second-order valence-corrected chi connectivity index (χ2v) is 1.34. The molecule has 5 heteroatoms. The summed E-state index contributed by atoms with van der Waals surface area (Å²) in [6, 6.07) is 0. The van der Waals surface area contributed by atoms with E-state index in [9.17, 15) is 13.6 Å². The fraction of sp³-hybridized carbons (Fsp3) is 0. The lowest BCUT2D eigenvalue weighted by atomic mass is 10.5. The molecule has 0 aromatic heterocycles. The van der Waals surface area contributed by atoms with E-state index in [2.05, 4.69) is 4.99 Å². The van der Waals surface area contributed by atoms with Gasteiger partial charge >= 0.3 is 6.08 Å². The summed E-state index contributed by atoms with van der Waals surface area (Å²) in [5, 5.41) is 1.98. The van der Waals surface area contributed by atoms with Crippen molar-refractivity contribution in [1.82, 2.24) is 5.32 Å². The second kappa shape index (κ2) is 1.93. The molecule has 0 unspecified atom stereocenters. The van der Waals surface area contributed by atoms with Crippen LogP contribution in [-0.4, -0.2) is 12.2 Å². The summed E-state index contributed by atoms with van der Waals surface area (Å²) in [6.07, 6.45) is -1.13. The highest BCUT2D eigenvalue weighted by Crippen LogP contribution is 2.10. The average molecular weight is 132 g/mol. The summed E-state index contributed by atoms with van der Waals surface area (Å²) in [5.74, 6) is -0.852. The van der Waals surface area contributed by atoms with Crippen molar-refractivity contribution in [3.8, 4) is 0 Å². The molecule has 48 valence electrons. The second-order valence-electron chi connectivity index (χ2n) is 1.34. The SMILES string of the molecule is O=C1NC=NC1=C(F)F. The quantitative estimate of drug-likeness (QED) is 0.471. The van der Waals surface area contributed by atoms with Gasteiger partial charge in [-0.05, 0) is 0 Å². The summed E-state index contributed by atoms with van der Waals surface area (Å²) < 4.78 is 23.0. The number of carbonyl (C=O) groups excluding carboxylic acids is 1. The average Bonchev–Trinajstić information content (AvgIpc) is 2.13. The lowest BCUT2D eigenvalue weighted by molar-refractivity contribution is -0.115. The molecule has 0 bridgehead atoms. The van der Waals surface area contributed by atoms with Crippen LogP contribution in [0.1, 0.15) is 0 Å². The van der Waals surface area contributed by atoms with E-state index in [0.717, 1.165) is 6.34 Å². The number of amides is 1. The van der Waals surface area contributed by atoms with Crippen molar-refractivity contribution in [2.24, 2.45) is 4.99 Å². The predicted octanol–water partition coefficient (Wildman–Crippen LogP) is 0.253. The lowest BCUT2D eigenvalue weighted by Crippen LogP contribution is -2.15. The van der Waals surface area contributed by atoms with E-state index < -0.39 is 17.7 Å². The van der Waals surface area contributed by atoms with Gasteiger partial charge in [-0.3, -0.25) is 4.79 Å². The summed E-state index contributed by atoms with van der Waals surface area (Å²) in [7, 11) is 0. The minimum absolute atomic E-state index is 0.796. The summed E-state index contributed by atoms with van der Waals surface area (Å²) in [6.45, 7) is 0. The van der Waals surface area contributed by atoms with Crippen molar-refractivity contribution in [2.45, 2.75) is 0 Å². The molecule has 0 radical (unpaired) electrons. The molecule has 1 heterocycles. The number of aliphatic imine (C=N–C) groups is 1. The molecule has 1 aliphatic rings. The van der Waals surface area contributed by atoms with E-state index >= 15 is 0 Å². The molecule has 1 N–H and O–H groups in total. The normalized spacial score (nSPS) is 16.2. The van der Waals surface area contributed by atoms with Gasteiger partial charge in [-0.15, -0.1) is 0 Å². The van der Waals surface area contributed by atoms with E-state index in [1.165, 1.54) is 0 Å². The molecule has 3 nitrogen and oxygen atoms in total. The molecule has 0 spiro atoms. The van der Waals surface area contributed by atoms with Gasteiger partial charge in [0.25, 0.3) is 5.91 Å². The highest BCUT2D eigenvalue weighted by molar-refractivity contribution is 6.05. The number of halogens is 2. The van der Waals surface area contributed by atoms with E-state index in [1.54, 1.807) is 0 Å². The molecule has 1 rings (SSSR count). The number of nitrogens with one attached hydrogen (secondary N) is 1. The molecule has 0 fully saturated rings. The maximum absolute atomic E-state index is 11.5. The van der Waals surface area contributed by atoms with Crippen molar-refractivity contribution < 1.29 is 13.6 Å². The zero-order chi connectivity index (χ0) is 6.85. The lowest BCUT2D eigenvalue weighted by Gasteiger charge is -1.84. The minimum Gasteiger partial charge on any atom is -0.311 e. The van der Waals surface area contributed by atoms with Crippen LogP contribution in [-0.2, 0) is 4.79 Å². The highest BCUT2D eigenvalue weighted by Gasteiger charge is 2.17. The van der Waals surface area contributed by atoms with Crippen molar-refractivity contribution >= 4 is 12.2 Å². The Balaban J connectivity index is 2.95. The van der Waals surface area contributed by atoms with Gasteiger partial charge in [0.05, 0.1) is 6.34 Å². The van der Waals surface area contributed by atoms with Crippen LogP contribution in [0.4, 0.5) is 8.78 Å². The number of rotatable bonds is 0. The predicted molar refractivity (Wildman–Crippen MR) is 25.9 cm³/mol. The Morgan fingerprint density at radius 1 is 1.67 bits per heavy atom. The monoisotopic (exact) mass is 132 g/mol. The first kappa shape index (κ1) is 5.87. The zero-order valence-corrected chi connectivity index (χ0v) is 4.19. The maximum atomic E-state index is 11.5.